The Bertz CT molecular complexity index is 363. The highest BCUT2D eigenvalue weighted by Gasteiger charge is 2.29. The smallest absolute Gasteiger partial charge is 0.0165 e. The van der Waals surface area contributed by atoms with Crippen LogP contribution in [0.2, 0.25) is 0 Å². The average molecular weight is 358 g/mol. The van der Waals surface area contributed by atoms with Crippen LogP contribution in [0.15, 0.2) is 0 Å². The lowest BCUT2D eigenvalue weighted by Gasteiger charge is -2.42. The molecule has 0 heterocycles. The van der Waals surface area contributed by atoms with E-state index in [4.69, 9.17) is 17.2 Å². The quantitative estimate of drug-likeness (QED) is 0.406. The van der Waals surface area contributed by atoms with Gasteiger partial charge in [-0.15, -0.1) is 0 Å². The summed E-state index contributed by atoms with van der Waals surface area (Å²) in [6.45, 7) is 21.2. The molecule has 0 bridgehead atoms. The molecule has 0 spiro atoms. The van der Waals surface area contributed by atoms with E-state index in [1.54, 1.807) is 0 Å². The maximum absolute atomic E-state index is 6.21. The van der Waals surface area contributed by atoms with Crippen LogP contribution in [0.5, 0.6) is 0 Å². The number of nitrogens with one attached hydrogen (secondary N) is 1. The zero-order valence-electron chi connectivity index (χ0n) is 18.3. The van der Waals surface area contributed by atoms with Crippen LogP contribution < -0.4 is 22.5 Å². The zero-order valence-corrected chi connectivity index (χ0v) is 18.3. The Hall–Kier alpha value is -0.200. The van der Waals surface area contributed by atoms with Gasteiger partial charge in [-0.05, 0) is 94.2 Å². The Morgan fingerprint density at radius 3 is 1.64 bits per heavy atom. The first-order chi connectivity index (χ1) is 11.1. The fraction of sp³-hybridized carbons (Fsp3) is 1.00. The SMILES string of the molecule is CC(C)(N)CCNC(C)(C)CCN(CCC(C)(C)N)C(C)(C)CCN. The van der Waals surface area contributed by atoms with Gasteiger partial charge < -0.3 is 22.5 Å². The van der Waals surface area contributed by atoms with Crippen LogP contribution in [0.1, 0.15) is 81.1 Å². The number of hydrogen-bond donors (Lipinski definition) is 4. The van der Waals surface area contributed by atoms with Crippen LogP contribution in [0, 0.1) is 0 Å². The topological polar surface area (TPSA) is 93.3 Å². The predicted octanol–water partition coefficient (Wildman–Crippen LogP) is 2.43. The summed E-state index contributed by atoms with van der Waals surface area (Å²) >= 11 is 0. The zero-order chi connectivity index (χ0) is 19.9. The lowest BCUT2D eigenvalue weighted by Crippen LogP contribution is -2.51. The molecule has 0 aliphatic rings. The number of nitrogens with two attached hydrogens (primary N) is 3. The Balaban J connectivity index is 4.72. The summed E-state index contributed by atoms with van der Waals surface area (Å²) < 4.78 is 0. The third-order valence-electron chi connectivity index (χ3n) is 5.02. The molecular weight excluding hydrogens is 310 g/mol. The Labute approximate surface area is 157 Å². The van der Waals surface area contributed by atoms with Gasteiger partial charge in [0, 0.05) is 35.2 Å². The standard InChI is InChI=1S/C20H47N5/c1-17(2,22)10-14-24-19(5,6)12-16-25(15-11-18(3,4)23)20(7,8)9-13-21/h24H,9-16,21-23H2,1-8H3. The Morgan fingerprint density at radius 1 is 0.720 bits per heavy atom. The first-order valence-electron chi connectivity index (χ1n) is 9.86. The molecule has 5 heteroatoms. The molecule has 0 unspecified atom stereocenters. The van der Waals surface area contributed by atoms with E-state index in [1.165, 1.54) is 0 Å². The van der Waals surface area contributed by atoms with Crippen molar-refractivity contribution < 1.29 is 0 Å². The van der Waals surface area contributed by atoms with Crippen molar-refractivity contribution in [3.63, 3.8) is 0 Å². The van der Waals surface area contributed by atoms with Gasteiger partial charge in [0.15, 0.2) is 0 Å². The molecule has 0 atom stereocenters. The lowest BCUT2D eigenvalue weighted by atomic mass is 9.92. The summed E-state index contributed by atoms with van der Waals surface area (Å²) in [5.74, 6) is 0. The van der Waals surface area contributed by atoms with E-state index in [2.05, 4.69) is 65.6 Å². The molecule has 0 saturated heterocycles. The van der Waals surface area contributed by atoms with E-state index in [-0.39, 0.29) is 22.2 Å². The van der Waals surface area contributed by atoms with Crippen LogP contribution in [0.25, 0.3) is 0 Å². The van der Waals surface area contributed by atoms with Crippen molar-refractivity contribution in [3.05, 3.63) is 0 Å². The Kier molecular flexibility index (Phi) is 9.58. The van der Waals surface area contributed by atoms with Crippen molar-refractivity contribution in [1.82, 2.24) is 10.2 Å². The van der Waals surface area contributed by atoms with Gasteiger partial charge in [0.05, 0.1) is 0 Å². The second-order valence-corrected chi connectivity index (χ2v) is 10.4. The molecule has 152 valence electrons. The molecule has 0 rings (SSSR count). The Morgan fingerprint density at radius 2 is 1.20 bits per heavy atom. The highest BCUT2D eigenvalue weighted by molar-refractivity contribution is 4.88. The average Bonchev–Trinajstić information content (AvgIpc) is 2.34. The van der Waals surface area contributed by atoms with E-state index in [0.29, 0.717) is 6.54 Å². The van der Waals surface area contributed by atoms with Gasteiger partial charge in [0.2, 0.25) is 0 Å². The van der Waals surface area contributed by atoms with Gasteiger partial charge in [-0.3, -0.25) is 4.90 Å². The lowest BCUT2D eigenvalue weighted by molar-refractivity contribution is 0.0927. The van der Waals surface area contributed by atoms with Crippen molar-refractivity contribution in [2.75, 3.05) is 26.2 Å². The largest absolute Gasteiger partial charge is 0.330 e. The second kappa shape index (κ2) is 9.65. The molecule has 0 aliphatic carbocycles. The van der Waals surface area contributed by atoms with Gasteiger partial charge in [0.1, 0.15) is 0 Å². The van der Waals surface area contributed by atoms with Gasteiger partial charge in [-0.25, -0.2) is 0 Å². The fourth-order valence-corrected chi connectivity index (χ4v) is 2.88. The van der Waals surface area contributed by atoms with Gasteiger partial charge >= 0.3 is 0 Å². The number of nitrogens with zero attached hydrogens (tertiary/aromatic N) is 1. The normalized spacial score (nSPS) is 14.4. The first kappa shape index (κ1) is 24.8. The monoisotopic (exact) mass is 357 g/mol. The van der Waals surface area contributed by atoms with Crippen molar-refractivity contribution in [2.24, 2.45) is 17.2 Å². The first-order valence-corrected chi connectivity index (χ1v) is 9.86. The maximum atomic E-state index is 6.21. The molecule has 7 N–H and O–H groups in total. The summed E-state index contributed by atoms with van der Waals surface area (Å²) in [5, 5.41) is 3.67. The molecular formula is C20H47N5. The minimum absolute atomic E-state index is 0.0839. The molecule has 0 aromatic rings. The van der Waals surface area contributed by atoms with Crippen molar-refractivity contribution in [3.8, 4) is 0 Å². The minimum atomic E-state index is -0.141. The molecule has 0 fully saturated rings. The molecule has 25 heavy (non-hydrogen) atoms. The van der Waals surface area contributed by atoms with E-state index < -0.39 is 0 Å². The third-order valence-corrected chi connectivity index (χ3v) is 5.02. The summed E-state index contributed by atoms with van der Waals surface area (Å²) in [7, 11) is 0. The summed E-state index contributed by atoms with van der Waals surface area (Å²) in [5.41, 5.74) is 18.1. The van der Waals surface area contributed by atoms with Crippen LogP contribution in [0.4, 0.5) is 0 Å². The summed E-state index contributed by atoms with van der Waals surface area (Å²) in [6, 6.07) is 0. The highest BCUT2D eigenvalue weighted by Crippen LogP contribution is 2.22. The van der Waals surface area contributed by atoms with Crippen LogP contribution in [-0.4, -0.2) is 53.2 Å². The van der Waals surface area contributed by atoms with Gasteiger partial charge in [-0.1, -0.05) is 0 Å². The maximum Gasteiger partial charge on any atom is 0.0165 e. The van der Waals surface area contributed by atoms with E-state index >= 15 is 0 Å². The van der Waals surface area contributed by atoms with E-state index in [0.717, 1.165) is 45.3 Å². The molecule has 0 aromatic carbocycles. The predicted molar refractivity (Wildman–Crippen MR) is 112 cm³/mol. The van der Waals surface area contributed by atoms with Gasteiger partial charge in [0.25, 0.3) is 0 Å². The summed E-state index contributed by atoms with van der Waals surface area (Å²) in [4.78, 5) is 2.56. The number of rotatable bonds is 13. The molecule has 0 aliphatic heterocycles. The van der Waals surface area contributed by atoms with Crippen molar-refractivity contribution in [2.45, 2.75) is 103 Å². The molecule has 0 aromatic heterocycles. The molecule has 0 saturated carbocycles. The van der Waals surface area contributed by atoms with Crippen LogP contribution >= 0.6 is 0 Å². The van der Waals surface area contributed by atoms with Crippen molar-refractivity contribution >= 4 is 0 Å². The molecule has 0 amide bonds. The minimum Gasteiger partial charge on any atom is -0.330 e. The van der Waals surface area contributed by atoms with E-state index in [1.807, 2.05) is 0 Å². The van der Waals surface area contributed by atoms with Gasteiger partial charge in [-0.2, -0.15) is 0 Å². The second-order valence-electron chi connectivity index (χ2n) is 10.4. The van der Waals surface area contributed by atoms with Crippen LogP contribution in [-0.2, 0) is 0 Å². The fourth-order valence-electron chi connectivity index (χ4n) is 2.88. The van der Waals surface area contributed by atoms with Crippen molar-refractivity contribution in [1.29, 1.82) is 0 Å². The third kappa shape index (κ3) is 12.7. The molecule has 0 radical (unpaired) electrons. The van der Waals surface area contributed by atoms with Crippen LogP contribution in [0.3, 0.4) is 0 Å². The number of hydrogen-bond acceptors (Lipinski definition) is 5. The van der Waals surface area contributed by atoms with E-state index in [9.17, 15) is 0 Å². The summed E-state index contributed by atoms with van der Waals surface area (Å²) in [6.07, 6.45) is 4.03. The highest BCUT2D eigenvalue weighted by atomic mass is 15.2. The molecule has 5 nitrogen and oxygen atoms in total.